The Labute approximate surface area is 142 Å². The molecular formula is C20H28O2Si. The number of hydrogen-bond donors (Lipinski definition) is 0. The van der Waals surface area contributed by atoms with E-state index in [0.717, 1.165) is 23.7 Å². The lowest BCUT2D eigenvalue weighted by atomic mass is 10.2. The molecule has 2 aromatic carbocycles. The van der Waals surface area contributed by atoms with Gasteiger partial charge in [0.1, 0.15) is 18.1 Å². The summed E-state index contributed by atoms with van der Waals surface area (Å²) in [5, 5.41) is 0.301. The van der Waals surface area contributed by atoms with Crippen molar-refractivity contribution in [3.63, 3.8) is 0 Å². The van der Waals surface area contributed by atoms with E-state index in [1.807, 2.05) is 30.3 Å². The molecule has 3 heteroatoms. The zero-order chi connectivity index (χ0) is 16.9. The molecule has 2 nitrogen and oxygen atoms in total. The minimum atomic E-state index is -0.742. The Balaban J connectivity index is 1.95. The molecule has 0 radical (unpaired) electrons. The van der Waals surface area contributed by atoms with Crippen molar-refractivity contribution in [3.05, 3.63) is 59.7 Å². The van der Waals surface area contributed by atoms with Gasteiger partial charge in [-0.25, -0.2) is 0 Å². The van der Waals surface area contributed by atoms with Gasteiger partial charge >= 0.3 is 0 Å². The van der Waals surface area contributed by atoms with Crippen LogP contribution < -0.4 is 9.47 Å². The molecule has 0 saturated heterocycles. The van der Waals surface area contributed by atoms with Crippen LogP contribution in [0.4, 0.5) is 0 Å². The van der Waals surface area contributed by atoms with Gasteiger partial charge < -0.3 is 9.47 Å². The second-order valence-electron chi connectivity index (χ2n) is 7.13. The number of hydrogen-bond acceptors (Lipinski definition) is 2. The highest BCUT2D eigenvalue weighted by atomic mass is 28.3. The zero-order valence-electron chi connectivity index (χ0n) is 14.9. The summed E-state index contributed by atoms with van der Waals surface area (Å²) in [5.74, 6) is 1.84. The maximum Gasteiger partial charge on any atom is 0.122 e. The number of benzene rings is 2. The molecule has 0 amide bonds. The van der Waals surface area contributed by atoms with E-state index in [-0.39, 0.29) is 0 Å². The van der Waals surface area contributed by atoms with Gasteiger partial charge in [-0.3, -0.25) is 0 Å². The molecule has 124 valence electrons. The molecule has 0 spiro atoms. The maximum atomic E-state index is 6.06. The molecule has 0 saturated carbocycles. The predicted octanol–water partition coefficient (Wildman–Crippen LogP) is 5.22. The average Bonchev–Trinajstić information content (AvgIpc) is 2.53. The maximum absolute atomic E-state index is 6.06. The van der Waals surface area contributed by atoms with Gasteiger partial charge in [0.05, 0.1) is 6.61 Å². The fourth-order valence-corrected chi connectivity index (χ4v) is 2.46. The third-order valence-electron chi connectivity index (χ3n) is 4.56. The van der Waals surface area contributed by atoms with E-state index in [0.29, 0.717) is 11.6 Å². The van der Waals surface area contributed by atoms with E-state index in [2.05, 4.69) is 52.1 Å². The summed E-state index contributed by atoms with van der Waals surface area (Å²) >= 11 is 0. The number of rotatable bonds is 7. The Hall–Kier alpha value is -1.74. The smallest absolute Gasteiger partial charge is 0.122 e. The Morgan fingerprint density at radius 1 is 0.957 bits per heavy atom. The van der Waals surface area contributed by atoms with Crippen LogP contribution in [-0.4, -0.2) is 15.4 Å². The van der Waals surface area contributed by atoms with Crippen molar-refractivity contribution in [3.8, 4) is 11.5 Å². The first-order chi connectivity index (χ1) is 10.9. The van der Waals surface area contributed by atoms with Crippen LogP contribution in [0.15, 0.2) is 48.5 Å². The van der Waals surface area contributed by atoms with Crippen LogP contribution in [-0.2, 0) is 6.61 Å². The largest absolute Gasteiger partial charge is 0.493 e. The molecule has 23 heavy (non-hydrogen) atoms. The van der Waals surface area contributed by atoms with Crippen LogP contribution in [0.25, 0.3) is 0 Å². The fraction of sp³-hybridized carbons (Fsp3) is 0.400. The normalized spacial score (nSPS) is 11.6. The van der Waals surface area contributed by atoms with Crippen LogP contribution in [0.5, 0.6) is 11.5 Å². The van der Waals surface area contributed by atoms with E-state index in [1.54, 1.807) is 0 Å². The third kappa shape index (κ3) is 5.14. The molecule has 0 unspecified atom stereocenters. The van der Waals surface area contributed by atoms with E-state index in [9.17, 15) is 0 Å². The van der Waals surface area contributed by atoms with Gasteiger partial charge in [-0.15, -0.1) is 0 Å². The molecule has 0 aliphatic carbocycles. The second-order valence-corrected chi connectivity index (χ2v) is 11.0. The topological polar surface area (TPSA) is 18.5 Å². The average molecular weight is 329 g/mol. The summed E-state index contributed by atoms with van der Waals surface area (Å²) in [4.78, 5) is 0. The lowest BCUT2D eigenvalue weighted by molar-refractivity contribution is 0.272. The van der Waals surface area contributed by atoms with Crippen molar-refractivity contribution in [2.24, 2.45) is 0 Å². The molecular weight excluding hydrogens is 300 g/mol. The monoisotopic (exact) mass is 328 g/mol. The summed E-state index contributed by atoms with van der Waals surface area (Å²) < 4.78 is 11.9. The molecule has 2 aromatic rings. The van der Waals surface area contributed by atoms with Crippen LogP contribution in [0, 0.1) is 6.92 Å². The first-order valence-electron chi connectivity index (χ1n) is 8.28. The molecule has 0 fully saturated rings. The van der Waals surface area contributed by atoms with Crippen molar-refractivity contribution in [2.75, 3.05) is 6.61 Å². The molecule has 0 atom stereocenters. The second kappa shape index (κ2) is 7.69. The molecule has 0 bridgehead atoms. The van der Waals surface area contributed by atoms with E-state index in [1.165, 1.54) is 5.56 Å². The van der Waals surface area contributed by atoms with Gasteiger partial charge in [-0.1, -0.05) is 57.3 Å². The Bertz CT molecular complexity index is 621. The lowest BCUT2D eigenvalue weighted by Gasteiger charge is -2.28. The van der Waals surface area contributed by atoms with Crippen molar-refractivity contribution in [1.29, 1.82) is 0 Å². The van der Waals surface area contributed by atoms with Gasteiger partial charge in [0.2, 0.25) is 0 Å². The minimum absolute atomic E-state index is 0.301. The van der Waals surface area contributed by atoms with Crippen LogP contribution in [0.2, 0.25) is 18.1 Å². The van der Waals surface area contributed by atoms with Gasteiger partial charge in [-0.05, 0) is 41.3 Å². The van der Waals surface area contributed by atoms with Crippen molar-refractivity contribution >= 4 is 8.80 Å². The highest BCUT2D eigenvalue weighted by Crippen LogP contribution is 2.31. The van der Waals surface area contributed by atoms with Gasteiger partial charge in [0.15, 0.2) is 0 Å². The summed E-state index contributed by atoms with van der Waals surface area (Å²) in [6, 6.07) is 16.3. The zero-order valence-corrected chi connectivity index (χ0v) is 16.1. The Kier molecular flexibility index (Phi) is 5.89. The first-order valence-corrected chi connectivity index (χ1v) is 11.2. The summed E-state index contributed by atoms with van der Waals surface area (Å²) in [5.41, 5.74) is 2.30. The van der Waals surface area contributed by atoms with Crippen LogP contribution in [0.1, 0.15) is 25.0 Å². The number of ether oxygens (including phenoxy) is 2. The fourth-order valence-electron chi connectivity index (χ4n) is 2.04. The molecule has 0 N–H and O–H groups in total. The standard InChI is InChI=1S/C20H28O2Si/c1-16-13-18(21-14-17-9-7-6-8-10-17)11-12-19(16)22-15-20(2,3)23(4)5/h6-13,23H,14-15H2,1-5H3. The minimum Gasteiger partial charge on any atom is -0.493 e. The Morgan fingerprint density at radius 2 is 1.65 bits per heavy atom. The van der Waals surface area contributed by atoms with Gasteiger partial charge in [0, 0.05) is 8.80 Å². The third-order valence-corrected chi connectivity index (χ3v) is 7.85. The molecule has 2 rings (SSSR count). The van der Waals surface area contributed by atoms with Gasteiger partial charge in [0.25, 0.3) is 0 Å². The molecule has 0 aromatic heterocycles. The molecule has 0 aliphatic heterocycles. The van der Waals surface area contributed by atoms with Crippen LogP contribution in [0.3, 0.4) is 0 Å². The van der Waals surface area contributed by atoms with E-state index < -0.39 is 8.80 Å². The molecule has 0 heterocycles. The predicted molar refractivity (Wildman–Crippen MR) is 100 cm³/mol. The Morgan fingerprint density at radius 3 is 2.26 bits per heavy atom. The summed E-state index contributed by atoms with van der Waals surface area (Å²) in [6.07, 6.45) is 0. The van der Waals surface area contributed by atoms with Crippen molar-refractivity contribution < 1.29 is 9.47 Å². The van der Waals surface area contributed by atoms with Crippen LogP contribution >= 0.6 is 0 Å². The highest BCUT2D eigenvalue weighted by molar-refractivity contribution is 6.59. The van der Waals surface area contributed by atoms with E-state index >= 15 is 0 Å². The van der Waals surface area contributed by atoms with Crippen molar-refractivity contribution in [2.45, 2.75) is 45.5 Å². The summed E-state index contributed by atoms with van der Waals surface area (Å²) in [6.45, 7) is 12.8. The van der Waals surface area contributed by atoms with Crippen molar-refractivity contribution in [1.82, 2.24) is 0 Å². The number of aryl methyl sites for hydroxylation is 1. The lowest BCUT2D eigenvalue weighted by Crippen LogP contribution is -2.27. The summed E-state index contributed by atoms with van der Waals surface area (Å²) in [7, 11) is -0.742. The van der Waals surface area contributed by atoms with Gasteiger partial charge in [-0.2, -0.15) is 0 Å². The van der Waals surface area contributed by atoms with E-state index in [4.69, 9.17) is 9.47 Å². The molecule has 0 aliphatic rings. The quantitative estimate of drug-likeness (QED) is 0.649. The first kappa shape index (κ1) is 17.6. The SMILES string of the molecule is Cc1cc(OCc2ccccc2)ccc1OCC(C)(C)[SiH](C)C. The highest BCUT2D eigenvalue weighted by Gasteiger charge is 2.24.